The van der Waals surface area contributed by atoms with Crippen molar-refractivity contribution in [2.75, 3.05) is 6.54 Å². The molecule has 1 aliphatic rings. The lowest BCUT2D eigenvalue weighted by Crippen LogP contribution is -2.25. The summed E-state index contributed by atoms with van der Waals surface area (Å²) in [7, 11) is 0. The van der Waals surface area contributed by atoms with Crippen LogP contribution in [0.15, 0.2) is 30.1 Å². The Morgan fingerprint density at radius 2 is 2.21 bits per heavy atom. The van der Waals surface area contributed by atoms with Crippen LogP contribution in [-0.4, -0.2) is 11.5 Å². The summed E-state index contributed by atoms with van der Waals surface area (Å²) in [6, 6.07) is 2.60. The van der Waals surface area contributed by atoms with Gasteiger partial charge in [0.15, 0.2) is 0 Å². The second-order valence-corrected chi connectivity index (χ2v) is 5.34. The largest absolute Gasteiger partial charge is 0.307 e. The first-order valence-corrected chi connectivity index (χ1v) is 7.71. The van der Waals surface area contributed by atoms with Gasteiger partial charge in [-0.15, -0.1) is 0 Å². The molecule has 0 saturated heterocycles. The highest BCUT2D eigenvalue weighted by Gasteiger charge is 2.19. The first-order chi connectivity index (χ1) is 9.36. The number of nitrogens with one attached hydrogen (secondary N) is 1. The zero-order valence-electron chi connectivity index (χ0n) is 12.3. The third-order valence-electron chi connectivity index (χ3n) is 3.93. The minimum atomic E-state index is 0.401. The molecule has 1 aromatic heterocycles. The van der Waals surface area contributed by atoms with Gasteiger partial charge >= 0.3 is 0 Å². The number of hydrogen-bond acceptors (Lipinski definition) is 2. The maximum atomic E-state index is 4.28. The number of nitrogens with zero attached hydrogens (tertiary/aromatic N) is 1. The molecule has 1 N–H and O–H groups in total. The van der Waals surface area contributed by atoms with Crippen molar-refractivity contribution in [1.82, 2.24) is 10.3 Å². The third-order valence-corrected chi connectivity index (χ3v) is 3.93. The topological polar surface area (TPSA) is 24.9 Å². The van der Waals surface area contributed by atoms with Gasteiger partial charge in [0, 0.05) is 12.4 Å². The van der Waals surface area contributed by atoms with E-state index in [1.54, 1.807) is 5.57 Å². The standard InChI is InChI=1S/C17H26N2/c1-3-11-19-17(15-8-6-5-7-9-15)16-10-12-18-13-14(16)4-2/h8,10,12-13,17,19H,3-7,9,11H2,1-2H3. The minimum Gasteiger partial charge on any atom is -0.307 e. The molecule has 104 valence electrons. The van der Waals surface area contributed by atoms with Crippen LogP contribution >= 0.6 is 0 Å². The minimum absolute atomic E-state index is 0.401. The van der Waals surface area contributed by atoms with Crippen LogP contribution in [0, 0.1) is 0 Å². The number of pyridine rings is 1. The smallest absolute Gasteiger partial charge is 0.0539 e. The molecular formula is C17H26N2. The summed E-state index contributed by atoms with van der Waals surface area (Å²) in [5.41, 5.74) is 4.39. The Bertz CT molecular complexity index is 423. The summed E-state index contributed by atoms with van der Waals surface area (Å²) in [6.07, 6.45) is 13.8. The van der Waals surface area contributed by atoms with Crippen molar-refractivity contribution < 1.29 is 0 Å². The molecule has 1 unspecified atom stereocenters. The fraction of sp³-hybridized carbons (Fsp3) is 0.588. The van der Waals surface area contributed by atoms with E-state index in [0.29, 0.717) is 6.04 Å². The summed E-state index contributed by atoms with van der Waals surface area (Å²) in [5.74, 6) is 0. The molecule has 0 radical (unpaired) electrons. The zero-order valence-corrected chi connectivity index (χ0v) is 12.3. The van der Waals surface area contributed by atoms with Crippen molar-refractivity contribution in [2.24, 2.45) is 0 Å². The van der Waals surface area contributed by atoms with E-state index < -0.39 is 0 Å². The molecule has 2 rings (SSSR count). The summed E-state index contributed by atoms with van der Waals surface area (Å²) < 4.78 is 0. The number of aromatic nitrogens is 1. The normalized spacial score (nSPS) is 17.1. The van der Waals surface area contributed by atoms with Gasteiger partial charge in [-0.2, -0.15) is 0 Å². The third kappa shape index (κ3) is 3.66. The molecule has 2 nitrogen and oxygen atoms in total. The van der Waals surface area contributed by atoms with E-state index in [-0.39, 0.29) is 0 Å². The lowest BCUT2D eigenvalue weighted by molar-refractivity contribution is 0.543. The van der Waals surface area contributed by atoms with E-state index in [4.69, 9.17) is 0 Å². The lowest BCUT2D eigenvalue weighted by atomic mass is 9.88. The van der Waals surface area contributed by atoms with E-state index in [1.807, 2.05) is 12.4 Å². The fourth-order valence-electron chi connectivity index (χ4n) is 2.87. The Labute approximate surface area is 117 Å². The molecular weight excluding hydrogens is 232 g/mol. The Morgan fingerprint density at radius 3 is 2.89 bits per heavy atom. The maximum absolute atomic E-state index is 4.28. The molecule has 0 aliphatic heterocycles. The van der Waals surface area contributed by atoms with Crippen molar-refractivity contribution in [3.63, 3.8) is 0 Å². The van der Waals surface area contributed by atoms with Crippen LogP contribution < -0.4 is 5.32 Å². The lowest BCUT2D eigenvalue weighted by Gasteiger charge is -2.26. The quantitative estimate of drug-likeness (QED) is 0.774. The molecule has 0 bridgehead atoms. The Kier molecular flexibility index (Phi) is 5.59. The van der Waals surface area contributed by atoms with Crippen LogP contribution in [0.4, 0.5) is 0 Å². The van der Waals surface area contributed by atoms with Gasteiger partial charge in [-0.05, 0) is 62.3 Å². The Balaban J connectivity index is 2.27. The van der Waals surface area contributed by atoms with Gasteiger partial charge in [0.1, 0.15) is 0 Å². The molecule has 1 aromatic rings. The van der Waals surface area contributed by atoms with Crippen LogP contribution in [-0.2, 0) is 6.42 Å². The monoisotopic (exact) mass is 258 g/mol. The summed E-state index contributed by atoms with van der Waals surface area (Å²) in [4.78, 5) is 4.28. The number of rotatable bonds is 6. The fourth-order valence-corrected chi connectivity index (χ4v) is 2.87. The molecule has 0 saturated carbocycles. The van der Waals surface area contributed by atoms with Gasteiger partial charge in [-0.25, -0.2) is 0 Å². The van der Waals surface area contributed by atoms with Gasteiger partial charge in [0.25, 0.3) is 0 Å². The molecule has 1 heterocycles. The van der Waals surface area contributed by atoms with Crippen LogP contribution in [0.2, 0.25) is 0 Å². The van der Waals surface area contributed by atoms with E-state index in [2.05, 4.69) is 36.3 Å². The molecule has 1 atom stereocenters. The highest BCUT2D eigenvalue weighted by atomic mass is 14.9. The summed E-state index contributed by atoms with van der Waals surface area (Å²) in [5, 5.41) is 3.73. The first-order valence-electron chi connectivity index (χ1n) is 7.71. The molecule has 1 aliphatic carbocycles. The van der Waals surface area contributed by atoms with Gasteiger partial charge in [0.2, 0.25) is 0 Å². The number of hydrogen-bond donors (Lipinski definition) is 1. The van der Waals surface area contributed by atoms with Gasteiger partial charge < -0.3 is 5.32 Å². The average molecular weight is 258 g/mol. The second kappa shape index (κ2) is 7.44. The van der Waals surface area contributed by atoms with Crippen molar-refractivity contribution in [3.8, 4) is 0 Å². The average Bonchev–Trinajstić information content (AvgIpc) is 2.49. The molecule has 2 heteroatoms. The molecule has 0 amide bonds. The van der Waals surface area contributed by atoms with Crippen LogP contribution in [0.1, 0.15) is 63.1 Å². The summed E-state index contributed by atoms with van der Waals surface area (Å²) >= 11 is 0. The van der Waals surface area contributed by atoms with E-state index in [0.717, 1.165) is 13.0 Å². The molecule has 0 spiro atoms. The van der Waals surface area contributed by atoms with Gasteiger partial charge in [-0.1, -0.05) is 25.5 Å². The summed E-state index contributed by atoms with van der Waals surface area (Å²) in [6.45, 7) is 5.52. The molecule has 19 heavy (non-hydrogen) atoms. The van der Waals surface area contributed by atoms with E-state index in [9.17, 15) is 0 Å². The zero-order chi connectivity index (χ0) is 13.5. The van der Waals surface area contributed by atoms with Crippen LogP contribution in [0.25, 0.3) is 0 Å². The molecule has 0 aromatic carbocycles. The second-order valence-electron chi connectivity index (χ2n) is 5.34. The van der Waals surface area contributed by atoms with E-state index in [1.165, 1.54) is 43.2 Å². The van der Waals surface area contributed by atoms with Gasteiger partial charge in [0.05, 0.1) is 6.04 Å². The van der Waals surface area contributed by atoms with Crippen molar-refractivity contribution in [2.45, 2.75) is 58.4 Å². The highest BCUT2D eigenvalue weighted by molar-refractivity contribution is 5.34. The predicted octanol–water partition coefficient (Wildman–Crippen LogP) is 4.19. The predicted molar refractivity (Wildman–Crippen MR) is 81.2 cm³/mol. The Morgan fingerprint density at radius 1 is 1.32 bits per heavy atom. The number of allylic oxidation sites excluding steroid dienone is 1. The van der Waals surface area contributed by atoms with Gasteiger partial charge in [-0.3, -0.25) is 4.98 Å². The Hall–Kier alpha value is -1.15. The highest BCUT2D eigenvalue weighted by Crippen LogP contribution is 2.31. The SMILES string of the molecule is CCCNC(C1=CCCCC1)c1ccncc1CC. The maximum Gasteiger partial charge on any atom is 0.0539 e. The van der Waals surface area contributed by atoms with Crippen molar-refractivity contribution >= 4 is 0 Å². The van der Waals surface area contributed by atoms with E-state index >= 15 is 0 Å². The molecule has 0 fully saturated rings. The van der Waals surface area contributed by atoms with Crippen LogP contribution in [0.5, 0.6) is 0 Å². The van der Waals surface area contributed by atoms with Crippen molar-refractivity contribution in [3.05, 3.63) is 41.2 Å². The number of aryl methyl sites for hydroxylation is 1. The van der Waals surface area contributed by atoms with Crippen LogP contribution in [0.3, 0.4) is 0 Å². The van der Waals surface area contributed by atoms with Crippen molar-refractivity contribution in [1.29, 1.82) is 0 Å². The first kappa shape index (κ1) is 14.3.